The van der Waals surface area contributed by atoms with E-state index in [0.29, 0.717) is 0 Å². The molecule has 0 radical (unpaired) electrons. The van der Waals surface area contributed by atoms with E-state index in [4.69, 9.17) is 0 Å². The van der Waals surface area contributed by atoms with Crippen molar-refractivity contribution < 1.29 is 61.5 Å². The zero-order chi connectivity index (χ0) is 22.8. The molecule has 2 aromatic heterocycles. The number of aromatic amines is 1. The number of nitrogens with zero attached hydrogens (tertiary/aromatic N) is 4. The Balaban J connectivity index is 2.73. The highest BCUT2D eigenvalue weighted by Gasteiger charge is 2.76. The third kappa shape index (κ3) is 3.09. The van der Waals surface area contributed by atoms with E-state index in [1.165, 1.54) is 0 Å². The van der Waals surface area contributed by atoms with Gasteiger partial charge in [0.2, 0.25) is 5.65 Å². The average molecular weight is 457 g/mol. The number of hydrogen-bond donors (Lipinski definition) is 1. The molecule has 0 unspecified atom stereocenters. The maximum absolute atomic E-state index is 13.7. The molecule has 0 aliphatic rings. The number of nitrogens with one attached hydrogen (secondary N) is 1. The van der Waals surface area contributed by atoms with E-state index in [0.717, 1.165) is 4.98 Å². The van der Waals surface area contributed by atoms with Gasteiger partial charge in [0.25, 0.3) is 0 Å². The number of fused-ring (bicyclic) bond motifs is 1. The van der Waals surface area contributed by atoms with Crippen molar-refractivity contribution in [2.45, 2.75) is 36.0 Å². The molecule has 0 amide bonds. The SMILES string of the molecule is FC(F)(F)C(F)(F)C(F)(F)c1nc2nnnc(C(F)(F)C(F)(F)C(F)(F)F)c2[nH]1. The summed E-state index contributed by atoms with van der Waals surface area (Å²) in [5.74, 6) is -29.1. The lowest BCUT2D eigenvalue weighted by Gasteiger charge is -2.27. The maximum Gasteiger partial charge on any atom is 0.460 e. The fourth-order valence-corrected chi connectivity index (χ4v) is 1.78. The summed E-state index contributed by atoms with van der Waals surface area (Å²) in [5, 5.41) is 6.97. The second-order valence-corrected chi connectivity index (χ2v) is 5.22. The predicted molar refractivity (Wildman–Crippen MR) is 59.3 cm³/mol. The highest BCUT2D eigenvalue weighted by Crippen LogP contribution is 2.53. The molecule has 19 heteroatoms. The van der Waals surface area contributed by atoms with Crippen LogP contribution in [0.25, 0.3) is 11.2 Å². The first-order chi connectivity index (χ1) is 12.7. The van der Waals surface area contributed by atoms with Gasteiger partial charge in [0.15, 0.2) is 11.5 Å². The first-order valence-electron chi connectivity index (χ1n) is 6.44. The summed E-state index contributed by atoms with van der Waals surface area (Å²) in [7, 11) is 0. The molecule has 0 aromatic carbocycles. The van der Waals surface area contributed by atoms with E-state index in [1.54, 1.807) is 0 Å². The van der Waals surface area contributed by atoms with Crippen LogP contribution in [0.1, 0.15) is 11.5 Å². The summed E-state index contributed by atoms with van der Waals surface area (Å²) in [5.41, 5.74) is -6.43. The molecule has 29 heavy (non-hydrogen) atoms. The highest BCUT2D eigenvalue weighted by molar-refractivity contribution is 5.73. The Hall–Kier alpha value is -2.50. The minimum Gasteiger partial charge on any atom is -0.334 e. The van der Waals surface area contributed by atoms with E-state index in [1.807, 2.05) is 0 Å². The van der Waals surface area contributed by atoms with Crippen molar-refractivity contribution >= 4 is 11.2 Å². The molecular formula is C10HF14N5. The largest absolute Gasteiger partial charge is 0.460 e. The molecule has 0 saturated carbocycles. The highest BCUT2D eigenvalue weighted by atomic mass is 19.4. The Morgan fingerprint density at radius 3 is 1.48 bits per heavy atom. The van der Waals surface area contributed by atoms with Gasteiger partial charge < -0.3 is 4.98 Å². The molecule has 2 aromatic rings. The van der Waals surface area contributed by atoms with Crippen LogP contribution < -0.4 is 0 Å². The van der Waals surface area contributed by atoms with Gasteiger partial charge in [-0.2, -0.15) is 61.5 Å². The fraction of sp³-hybridized carbons (Fsp3) is 0.600. The van der Waals surface area contributed by atoms with E-state index >= 15 is 0 Å². The summed E-state index contributed by atoms with van der Waals surface area (Å²) in [6, 6.07) is 0. The molecule has 0 bridgehead atoms. The molecule has 164 valence electrons. The molecule has 5 nitrogen and oxygen atoms in total. The van der Waals surface area contributed by atoms with E-state index in [-0.39, 0.29) is 0 Å². The van der Waals surface area contributed by atoms with Crippen LogP contribution in [0.3, 0.4) is 0 Å². The lowest BCUT2D eigenvalue weighted by Crippen LogP contribution is -2.50. The number of aromatic nitrogens is 5. The summed E-state index contributed by atoms with van der Waals surface area (Å²) < 4.78 is 180. The molecule has 0 saturated heterocycles. The third-order valence-electron chi connectivity index (χ3n) is 3.30. The zero-order valence-electron chi connectivity index (χ0n) is 12.6. The summed E-state index contributed by atoms with van der Waals surface area (Å²) >= 11 is 0. The zero-order valence-corrected chi connectivity index (χ0v) is 12.6. The molecule has 0 spiro atoms. The van der Waals surface area contributed by atoms with Crippen molar-refractivity contribution in [1.29, 1.82) is 0 Å². The van der Waals surface area contributed by atoms with Crippen molar-refractivity contribution in [3.05, 3.63) is 11.5 Å². The van der Waals surface area contributed by atoms with Gasteiger partial charge in [-0.05, 0) is 5.21 Å². The fourth-order valence-electron chi connectivity index (χ4n) is 1.78. The van der Waals surface area contributed by atoms with Crippen LogP contribution in [-0.4, -0.2) is 49.6 Å². The lowest BCUT2D eigenvalue weighted by molar-refractivity contribution is -0.361. The van der Waals surface area contributed by atoms with Gasteiger partial charge in [0.05, 0.1) is 0 Å². The first-order valence-corrected chi connectivity index (χ1v) is 6.44. The summed E-state index contributed by atoms with van der Waals surface area (Å²) in [6.45, 7) is 0. The molecule has 0 aliphatic carbocycles. The smallest absolute Gasteiger partial charge is 0.334 e. The Labute approximate surface area is 147 Å². The Morgan fingerprint density at radius 2 is 1.03 bits per heavy atom. The van der Waals surface area contributed by atoms with Gasteiger partial charge >= 0.3 is 36.0 Å². The molecular weight excluding hydrogens is 456 g/mol. The van der Waals surface area contributed by atoms with E-state index in [9.17, 15) is 61.5 Å². The molecule has 0 aliphatic heterocycles. The number of imidazole rings is 1. The van der Waals surface area contributed by atoms with Crippen molar-refractivity contribution in [3.8, 4) is 0 Å². The van der Waals surface area contributed by atoms with Crippen LogP contribution in [0.2, 0.25) is 0 Å². The predicted octanol–water partition coefficient (Wildman–Crippen LogP) is 4.33. The van der Waals surface area contributed by atoms with Crippen LogP contribution in [0.15, 0.2) is 0 Å². The number of rotatable bonds is 4. The minimum absolute atomic E-state index is 0.726. The minimum atomic E-state index is -6.91. The van der Waals surface area contributed by atoms with Crippen LogP contribution in [0, 0.1) is 0 Å². The number of halogens is 14. The van der Waals surface area contributed by atoms with Crippen LogP contribution in [-0.2, 0) is 11.8 Å². The average Bonchev–Trinajstić information content (AvgIpc) is 2.96. The normalized spacial score (nSPS) is 15.2. The Kier molecular flexibility index (Phi) is 4.72. The maximum atomic E-state index is 13.7. The summed E-state index contributed by atoms with van der Waals surface area (Å²) in [6.07, 6.45) is -13.8. The van der Waals surface area contributed by atoms with E-state index < -0.39 is 58.7 Å². The van der Waals surface area contributed by atoms with Crippen molar-refractivity contribution in [2.75, 3.05) is 0 Å². The van der Waals surface area contributed by atoms with Gasteiger partial charge in [-0.15, -0.1) is 10.2 Å². The van der Waals surface area contributed by atoms with E-state index in [2.05, 4.69) is 20.4 Å². The van der Waals surface area contributed by atoms with Crippen LogP contribution in [0.5, 0.6) is 0 Å². The van der Waals surface area contributed by atoms with Gasteiger partial charge in [0, 0.05) is 0 Å². The van der Waals surface area contributed by atoms with Crippen molar-refractivity contribution in [2.24, 2.45) is 0 Å². The van der Waals surface area contributed by atoms with Crippen LogP contribution >= 0.6 is 0 Å². The van der Waals surface area contributed by atoms with Gasteiger partial charge in [-0.3, -0.25) is 0 Å². The quantitative estimate of drug-likeness (QED) is 0.695. The lowest BCUT2D eigenvalue weighted by atomic mass is 10.1. The Morgan fingerprint density at radius 1 is 0.586 bits per heavy atom. The topological polar surface area (TPSA) is 67.3 Å². The number of H-pyrrole nitrogens is 1. The second kappa shape index (κ2) is 6.00. The molecule has 1 N–H and O–H groups in total. The first kappa shape index (κ1) is 22.8. The monoisotopic (exact) mass is 457 g/mol. The Bertz CT molecular complexity index is 910. The molecule has 2 heterocycles. The summed E-state index contributed by atoms with van der Waals surface area (Å²) in [4.78, 5) is 3.05. The van der Waals surface area contributed by atoms with Gasteiger partial charge in [0.1, 0.15) is 5.52 Å². The van der Waals surface area contributed by atoms with Crippen LogP contribution in [0.4, 0.5) is 61.5 Å². The third-order valence-corrected chi connectivity index (χ3v) is 3.30. The van der Waals surface area contributed by atoms with Crippen molar-refractivity contribution in [1.82, 2.24) is 25.4 Å². The van der Waals surface area contributed by atoms with Gasteiger partial charge in [-0.25, -0.2) is 4.98 Å². The number of alkyl halides is 14. The molecule has 0 atom stereocenters. The number of hydrogen-bond acceptors (Lipinski definition) is 4. The molecule has 2 rings (SSSR count). The molecule has 0 fully saturated rings. The standard InChI is InChI=1S/C10HF14N5/c11-5(12,7(15,16)9(19,20)21)2-1-3(28-29-27-2)26-4(25-1)6(13,14)8(17,18)10(22,23)24/h(H,25,26,27,28). The van der Waals surface area contributed by atoms with Crippen molar-refractivity contribution in [3.63, 3.8) is 0 Å². The van der Waals surface area contributed by atoms with Gasteiger partial charge in [-0.1, -0.05) is 0 Å². The second-order valence-electron chi connectivity index (χ2n) is 5.22.